The first-order valence-corrected chi connectivity index (χ1v) is 13.7. The van der Waals surface area contributed by atoms with Gasteiger partial charge in [0.15, 0.2) is 0 Å². The Morgan fingerprint density at radius 1 is 0.605 bits per heavy atom. The largest absolute Gasteiger partial charge is 0.494 e. The second-order valence-electron chi connectivity index (χ2n) is 13.0. The molecule has 200 valence electrons. The highest BCUT2D eigenvalue weighted by molar-refractivity contribution is 6.62. The maximum absolute atomic E-state index is 6.31. The fourth-order valence-electron chi connectivity index (χ4n) is 5.13. The van der Waals surface area contributed by atoms with E-state index in [2.05, 4.69) is 140 Å². The van der Waals surface area contributed by atoms with Crippen molar-refractivity contribution < 1.29 is 18.6 Å². The topological polar surface area (TPSA) is 40.2 Å². The molecule has 2 aliphatic heterocycles. The molecule has 1 unspecified atom stereocenters. The third-order valence-electron chi connectivity index (χ3n) is 9.11. The molecule has 0 saturated carbocycles. The van der Waals surface area contributed by atoms with Crippen LogP contribution in [0.15, 0.2) is 78.3 Å². The lowest BCUT2D eigenvalue weighted by Gasteiger charge is -2.42. The summed E-state index contributed by atoms with van der Waals surface area (Å²) < 4.78 is 25.2. The SMILES string of the molecule is CC1(N(c2ccccc2)c2ccc(B3OC(C)(C)C(C)(C)O3)cc2)C=CC(B2OC(C)(C)C(C)(C)O2)=CC1. The molecule has 2 heterocycles. The van der Waals surface area contributed by atoms with E-state index >= 15 is 0 Å². The summed E-state index contributed by atoms with van der Waals surface area (Å²) in [6.07, 6.45) is 7.52. The molecule has 0 aromatic heterocycles. The number of rotatable bonds is 5. The predicted molar refractivity (Wildman–Crippen MR) is 157 cm³/mol. The zero-order valence-corrected chi connectivity index (χ0v) is 24.4. The van der Waals surface area contributed by atoms with Gasteiger partial charge in [-0.25, -0.2) is 0 Å². The summed E-state index contributed by atoms with van der Waals surface area (Å²) in [6.45, 7) is 19.0. The van der Waals surface area contributed by atoms with Gasteiger partial charge < -0.3 is 23.5 Å². The Morgan fingerprint density at radius 2 is 1.08 bits per heavy atom. The quantitative estimate of drug-likeness (QED) is 0.433. The molecule has 5 nitrogen and oxygen atoms in total. The van der Waals surface area contributed by atoms with Crippen molar-refractivity contribution >= 4 is 31.1 Å². The Labute approximate surface area is 229 Å². The molecule has 2 aromatic carbocycles. The third-order valence-corrected chi connectivity index (χ3v) is 9.11. The number of benzene rings is 2. The van der Waals surface area contributed by atoms with E-state index < -0.39 is 0 Å². The molecule has 0 amide bonds. The Kier molecular flexibility index (Phi) is 6.55. The lowest BCUT2D eigenvalue weighted by molar-refractivity contribution is 0.00578. The van der Waals surface area contributed by atoms with Crippen molar-refractivity contribution in [3.63, 3.8) is 0 Å². The average Bonchev–Trinajstić information content (AvgIpc) is 3.20. The van der Waals surface area contributed by atoms with Crippen LogP contribution in [-0.4, -0.2) is 42.2 Å². The smallest absolute Gasteiger partial charge is 0.399 e. The summed E-state index contributed by atoms with van der Waals surface area (Å²) in [5.41, 5.74) is 2.61. The highest BCUT2D eigenvalue weighted by atomic mass is 16.7. The summed E-state index contributed by atoms with van der Waals surface area (Å²) in [4.78, 5) is 2.40. The fraction of sp³-hybridized carbons (Fsp3) is 0.484. The predicted octanol–water partition coefficient (Wildman–Crippen LogP) is 6.40. The zero-order chi connectivity index (χ0) is 27.6. The Morgan fingerprint density at radius 3 is 1.55 bits per heavy atom. The van der Waals surface area contributed by atoms with Crippen LogP contribution in [0, 0.1) is 0 Å². The molecular weight excluding hydrogens is 472 g/mol. The molecule has 7 heteroatoms. The first-order chi connectivity index (χ1) is 17.6. The number of hydrogen-bond donors (Lipinski definition) is 0. The first kappa shape index (κ1) is 27.3. The fourth-order valence-corrected chi connectivity index (χ4v) is 5.13. The van der Waals surface area contributed by atoms with E-state index in [1.165, 1.54) is 0 Å². The monoisotopic (exact) mass is 513 g/mol. The normalized spacial score (nSPS) is 26.9. The van der Waals surface area contributed by atoms with Gasteiger partial charge in [-0.1, -0.05) is 48.6 Å². The van der Waals surface area contributed by atoms with E-state index in [9.17, 15) is 0 Å². The molecular formula is C31H41B2NO4. The lowest BCUT2D eigenvalue weighted by Crippen LogP contribution is -2.43. The van der Waals surface area contributed by atoms with Crippen molar-refractivity contribution in [3.8, 4) is 0 Å². The van der Waals surface area contributed by atoms with Crippen molar-refractivity contribution in [1.82, 2.24) is 0 Å². The van der Waals surface area contributed by atoms with E-state index in [1.807, 2.05) is 0 Å². The Bertz CT molecular complexity index is 1200. The number of hydrogen-bond acceptors (Lipinski definition) is 5. The van der Waals surface area contributed by atoms with Crippen molar-refractivity contribution in [2.75, 3.05) is 4.90 Å². The Hall–Kier alpha value is -2.31. The summed E-state index contributed by atoms with van der Waals surface area (Å²) in [7, 11) is -0.736. The lowest BCUT2D eigenvalue weighted by atomic mass is 9.72. The molecule has 0 spiro atoms. The van der Waals surface area contributed by atoms with E-state index in [-0.39, 0.29) is 42.2 Å². The van der Waals surface area contributed by atoms with Crippen LogP contribution in [0.4, 0.5) is 11.4 Å². The van der Waals surface area contributed by atoms with Gasteiger partial charge in [-0.15, -0.1) is 0 Å². The molecule has 2 saturated heterocycles. The molecule has 3 aliphatic rings. The van der Waals surface area contributed by atoms with Crippen molar-refractivity contribution in [2.24, 2.45) is 0 Å². The van der Waals surface area contributed by atoms with E-state index in [0.717, 1.165) is 28.7 Å². The molecule has 38 heavy (non-hydrogen) atoms. The van der Waals surface area contributed by atoms with Crippen LogP contribution >= 0.6 is 0 Å². The number of allylic oxidation sites excluding steroid dienone is 2. The van der Waals surface area contributed by atoms with Crippen molar-refractivity contribution in [2.45, 2.75) is 96.7 Å². The van der Waals surface area contributed by atoms with Crippen molar-refractivity contribution in [3.05, 3.63) is 78.3 Å². The zero-order valence-electron chi connectivity index (χ0n) is 24.4. The van der Waals surface area contributed by atoms with E-state index in [0.29, 0.717) is 0 Å². The third kappa shape index (κ3) is 4.68. The van der Waals surface area contributed by atoms with Gasteiger partial charge in [0, 0.05) is 11.4 Å². The maximum Gasteiger partial charge on any atom is 0.494 e. The first-order valence-electron chi connectivity index (χ1n) is 13.7. The summed E-state index contributed by atoms with van der Waals surface area (Å²) in [6, 6.07) is 19.1. The van der Waals surface area contributed by atoms with Crippen LogP contribution in [0.25, 0.3) is 0 Å². The minimum absolute atomic E-state index is 0.277. The van der Waals surface area contributed by atoms with E-state index in [4.69, 9.17) is 18.6 Å². The second-order valence-corrected chi connectivity index (χ2v) is 13.0. The summed E-state index contributed by atoms with van der Waals surface area (Å²) in [5, 5.41) is 0. The number of para-hydroxylation sites is 1. The van der Waals surface area contributed by atoms with Gasteiger partial charge in [-0.3, -0.25) is 0 Å². The van der Waals surface area contributed by atoms with Crippen LogP contribution < -0.4 is 10.4 Å². The van der Waals surface area contributed by atoms with Crippen LogP contribution in [0.5, 0.6) is 0 Å². The minimum Gasteiger partial charge on any atom is -0.399 e. The van der Waals surface area contributed by atoms with Gasteiger partial charge >= 0.3 is 14.2 Å². The van der Waals surface area contributed by atoms with Gasteiger partial charge in [0.05, 0.1) is 27.9 Å². The molecule has 0 radical (unpaired) electrons. The number of nitrogens with zero attached hydrogens (tertiary/aromatic N) is 1. The highest BCUT2D eigenvalue weighted by Crippen LogP contribution is 2.43. The molecule has 2 aromatic rings. The number of anilines is 2. The van der Waals surface area contributed by atoms with Crippen LogP contribution in [0.3, 0.4) is 0 Å². The molecule has 0 bridgehead atoms. The van der Waals surface area contributed by atoms with Crippen LogP contribution in [0.1, 0.15) is 68.7 Å². The highest BCUT2D eigenvalue weighted by Gasteiger charge is 2.53. The van der Waals surface area contributed by atoms with E-state index in [1.54, 1.807) is 0 Å². The standard InChI is InChI=1S/C31H41B2NO4/c1-27(2)28(3,4)36-32(35-27)23-15-17-26(18-16-23)34(25-13-11-10-12-14-25)31(9)21-19-24(20-22-31)33-37-29(5,6)30(7,8)38-33/h10-21H,22H2,1-9H3. The van der Waals surface area contributed by atoms with Gasteiger partial charge in [-0.2, -0.15) is 0 Å². The minimum atomic E-state index is -0.380. The van der Waals surface area contributed by atoms with Crippen molar-refractivity contribution in [1.29, 1.82) is 0 Å². The maximum atomic E-state index is 6.31. The van der Waals surface area contributed by atoms with Gasteiger partial charge in [0.2, 0.25) is 0 Å². The van der Waals surface area contributed by atoms with Crippen LogP contribution in [0.2, 0.25) is 0 Å². The van der Waals surface area contributed by atoms with Gasteiger partial charge in [-0.05, 0) is 104 Å². The molecule has 2 fully saturated rings. The average molecular weight is 513 g/mol. The summed E-state index contributed by atoms with van der Waals surface area (Å²) >= 11 is 0. The summed E-state index contributed by atoms with van der Waals surface area (Å²) in [5.74, 6) is 0. The molecule has 1 aliphatic carbocycles. The Balaban J connectivity index is 1.41. The molecule has 1 atom stereocenters. The second kappa shape index (κ2) is 9.12. The molecule has 5 rings (SSSR count). The van der Waals surface area contributed by atoms with Crippen LogP contribution in [-0.2, 0) is 18.6 Å². The molecule has 0 N–H and O–H groups in total. The van der Waals surface area contributed by atoms with Gasteiger partial charge in [0.1, 0.15) is 0 Å². The van der Waals surface area contributed by atoms with Gasteiger partial charge in [0.25, 0.3) is 0 Å².